The normalized spacial score (nSPS) is 16.6. The van der Waals surface area contributed by atoms with Crippen molar-refractivity contribution in [2.24, 2.45) is 0 Å². The largest absolute Gasteiger partial charge is 0.299 e. The first-order valence-corrected chi connectivity index (χ1v) is 8.03. The molecule has 1 heterocycles. The molecule has 0 spiro atoms. The van der Waals surface area contributed by atoms with Gasteiger partial charge in [-0.2, -0.15) is 0 Å². The number of nitrogens with zero attached hydrogens (tertiary/aromatic N) is 1. The molecule has 4 rings (SSSR count). The summed E-state index contributed by atoms with van der Waals surface area (Å²) in [5.41, 5.74) is 1.48. The first kappa shape index (κ1) is 12.8. The molecule has 0 amide bonds. The average Bonchev–Trinajstić information content (AvgIpc) is 2.56. The Labute approximate surface area is 126 Å². The van der Waals surface area contributed by atoms with Gasteiger partial charge in [-0.25, -0.2) is 0 Å². The molecule has 3 aromatic rings. The Hall–Kier alpha value is -1.86. The zero-order chi connectivity index (χ0) is 14.1. The number of piperidine rings is 1. The lowest BCUT2D eigenvalue weighted by molar-refractivity contribution is 0.221. The summed E-state index contributed by atoms with van der Waals surface area (Å²) in [4.78, 5) is 2.61. The quantitative estimate of drug-likeness (QED) is 0.596. The van der Waals surface area contributed by atoms with E-state index in [-0.39, 0.29) is 0 Å². The Morgan fingerprint density at radius 1 is 0.714 bits per heavy atom. The van der Waals surface area contributed by atoms with Gasteiger partial charge in [-0.3, -0.25) is 4.90 Å². The maximum atomic E-state index is 2.61. The van der Waals surface area contributed by atoms with Crippen molar-refractivity contribution in [3.8, 4) is 0 Å². The predicted molar refractivity (Wildman–Crippen MR) is 90.6 cm³/mol. The number of likely N-dealkylation sites (tertiary alicyclic amines) is 1. The van der Waals surface area contributed by atoms with Gasteiger partial charge in [0.05, 0.1) is 0 Å². The molecule has 0 bridgehead atoms. The van der Waals surface area contributed by atoms with Crippen LogP contribution < -0.4 is 0 Å². The SMILES string of the molecule is c1ccc2c(c1)cc(CN1CCCCC1)c1ccccc12. The van der Waals surface area contributed by atoms with Crippen LogP contribution in [0.1, 0.15) is 24.8 Å². The van der Waals surface area contributed by atoms with E-state index < -0.39 is 0 Å². The summed E-state index contributed by atoms with van der Waals surface area (Å²) in [6.45, 7) is 3.59. The molecule has 0 aliphatic carbocycles. The van der Waals surface area contributed by atoms with Gasteiger partial charge >= 0.3 is 0 Å². The monoisotopic (exact) mass is 275 g/mol. The molecule has 1 aliphatic rings. The smallest absolute Gasteiger partial charge is 0.0240 e. The lowest BCUT2D eigenvalue weighted by Crippen LogP contribution is -2.29. The average molecular weight is 275 g/mol. The number of hydrogen-bond acceptors (Lipinski definition) is 1. The van der Waals surface area contributed by atoms with Gasteiger partial charge in [0.1, 0.15) is 0 Å². The molecule has 1 heteroatoms. The van der Waals surface area contributed by atoms with Crippen LogP contribution in [0.15, 0.2) is 54.6 Å². The van der Waals surface area contributed by atoms with Crippen LogP contribution in [0.2, 0.25) is 0 Å². The van der Waals surface area contributed by atoms with Crippen LogP contribution in [0, 0.1) is 0 Å². The summed E-state index contributed by atoms with van der Waals surface area (Å²) in [5, 5.41) is 5.54. The van der Waals surface area contributed by atoms with E-state index in [1.807, 2.05) is 0 Å². The molecule has 1 fully saturated rings. The van der Waals surface area contributed by atoms with Crippen molar-refractivity contribution in [1.82, 2.24) is 4.90 Å². The van der Waals surface area contributed by atoms with E-state index in [1.54, 1.807) is 0 Å². The molecule has 21 heavy (non-hydrogen) atoms. The van der Waals surface area contributed by atoms with Gasteiger partial charge in [0.15, 0.2) is 0 Å². The maximum absolute atomic E-state index is 2.61. The van der Waals surface area contributed by atoms with Crippen LogP contribution in [0.3, 0.4) is 0 Å². The van der Waals surface area contributed by atoms with Gasteiger partial charge in [0.25, 0.3) is 0 Å². The highest BCUT2D eigenvalue weighted by Gasteiger charge is 2.13. The van der Waals surface area contributed by atoms with Crippen molar-refractivity contribution >= 4 is 21.5 Å². The Bertz CT molecular complexity index is 769. The third-order valence-corrected chi connectivity index (χ3v) is 4.70. The second-order valence-electron chi connectivity index (χ2n) is 6.14. The van der Waals surface area contributed by atoms with Crippen molar-refractivity contribution in [1.29, 1.82) is 0 Å². The van der Waals surface area contributed by atoms with E-state index in [0.29, 0.717) is 0 Å². The van der Waals surface area contributed by atoms with Gasteiger partial charge in [0.2, 0.25) is 0 Å². The summed E-state index contributed by atoms with van der Waals surface area (Å²) in [6.07, 6.45) is 4.10. The zero-order valence-electron chi connectivity index (χ0n) is 12.4. The van der Waals surface area contributed by atoms with Crippen LogP contribution in [0.25, 0.3) is 21.5 Å². The van der Waals surface area contributed by atoms with Gasteiger partial charge < -0.3 is 0 Å². The van der Waals surface area contributed by atoms with Crippen molar-refractivity contribution < 1.29 is 0 Å². The molecule has 0 unspecified atom stereocenters. The molecule has 0 N–H and O–H groups in total. The molecule has 1 nitrogen and oxygen atoms in total. The van der Waals surface area contributed by atoms with Crippen LogP contribution >= 0.6 is 0 Å². The van der Waals surface area contributed by atoms with Crippen LogP contribution in [0.5, 0.6) is 0 Å². The van der Waals surface area contributed by atoms with Gasteiger partial charge in [-0.15, -0.1) is 0 Å². The molecule has 0 radical (unpaired) electrons. The molecule has 1 aliphatic heterocycles. The highest BCUT2D eigenvalue weighted by Crippen LogP contribution is 2.29. The molecular weight excluding hydrogens is 254 g/mol. The van der Waals surface area contributed by atoms with Crippen LogP contribution in [-0.2, 0) is 6.54 Å². The van der Waals surface area contributed by atoms with Crippen molar-refractivity contribution in [3.05, 3.63) is 60.2 Å². The third kappa shape index (κ3) is 2.43. The molecule has 1 saturated heterocycles. The molecule has 0 saturated carbocycles. The summed E-state index contributed by atoms with van der Waals surface area (Å²) >= 11 is 0. The summed E-state index contributed by atoms with van der Waals surface area (Å²) in [7, 11) is 0. The van der Waals surface area contributed by atoms with Crippen molar-refractivity contribution in [3.63, 3.8) is 0 Å². The van der Waals surface area contributed by atoms with Crippen molar-refractivity contribution in [2.45, 2.75) is 25.8 Å². The third-order valence-electron chi connectivity index (χ3n) is 4.70. The van der Waals surface area contributed by atoms with Gasteiger partial charge in [0, 0.05) is 6.54 Å². The highest BCUT2D eigenvalue weighted by atomic mass is 15.1. The minimum Gasteiger partial charge on any atom is -0.299 e. The van der Waals surface area contributed by atoms with Crippen LogP contribution in [0.4, 0.5) is 0 Å². The number of hydrogen-bond donors (Lipinski definition) is 0. The minimum absolute atomic E-state index is 1.09. The lowest BCUT2D eigenvalue weighted by atomic mass is 9.96. The van der Waals surface area contributed by atoms with E-state index in [4.69, 9.17) is 0 Å². The first-order valence-electron chi connectivity index (χ1n) is 8.03. The lowest BCUT2D eigenvalue weighted by Gasteiger charge is -2.27. The fourth-order valence-electron chi connectivity index (χ4n) is 3.62. The number of rotatable bonds is 2. The summed E-state index contributed by atoms with van der Waals surface area (Å²) < 4.78 is 0. The second-order valence-corrected chi connectivity index (χ2v) is 6.14. The van der Waals surface area contributed by atoms with E-state index in [1.165, 1.54) is 59.5 Å². The Morgan fingerprint density at radius 3 is 2.19 bits per heavy atom. The highest BCUT2D eigenvalue weighted by molar-refractivity contribution is 6.08. The molecular formula is C20H21N. The van der Waals surface area contributed by atoms with Crippen LogP contribution in [-0.4, -0.2) is 18.0 Å². The predicted octanol–water partition coefficient (Wildman–Crippen LogP) is 4.98. The van der Waals surface area contributed by atoms with E-state index in [2.05, 4.69) is 59.5 Å². The summed E-state index contributed by atoms with van der Waals surface area (Å²) in [5.74, 6) is 0. The minimum atomic E-state index is 1.09. The topological polar surface area (TPSA) is 3.24 Å². The Morgan fingerprint density at radius 2 is 1.38 bits per heavy atom. The summed E-state index contributed by atoms with van der Waals surface area (Å²) in [6, 6.07) is 20.0. The van der Waals surface area contributed by atoms with Gasteiger partial charge in [-0.1, -0.05) is 55.0 Å². The fraction of sp³-hybridized carbons (Fsp3) is 0.300. The molecule has 106 valence electrons. The van der Waals surface area contributed by atoms with E-state index in [0.717, 1.165) is 6.54 Å². The zero-order valence-corrected chi connectivity index (χ0v) is 12.4. The van der Waals surface area contributed by atoms with E-state index >= 15 is 0 Å². The van der Waals surface area contributed by atoms with Crippen molar-refractivity contribution in [2.75, 3.05) is 13.1 Å². The standard InChI is InChI=1S/C20H21N/c1-6-12-21(13-7-1)15-17-14-16-8-2-3-9-18(16)20-11-5-4-10-19(17)20/h2-5,8-11,14H,1,6-7,12-13,15H2. The number of benzene rings is 3. The molecule has 3 aromatic carbocycles. The molecule has 0 aromatic heterocycles. The Balaban J connectivity index is 1.85. The van der Waals surface area contributed by atoms with Gasteiger partial charge in [-0.05, 0) is 59.1 Å². The second kappa shape index (κ2) is 5.50. The first-order chi connectivity index (χ1) is 10.4. The Kier molecular flexibility index (Phi) is 3.36. The maximum Gasteiger partial charge on any atom is 0.0240 e. The molecule has 0 atom stereocenters. The number of fused-ring (bicyclic) bond motifs is 3. The van der Waals surface area contributed by atoms with E-state index in [9.17, 15) is 0 Å². The fourth-order valence-corrected chi connectivity index (χ4v) is 3.62.